The number of rotatable bonds is 6. The average molecular weight is 321 g/mol. The number of carbonyl (C=O) groups is 2. The molecule has 6 nitrogen and oxygen atoms in total. The van der Waals surface area contributed by atoms with Crippen molar-refractivity contribution in [2.45, 2.75) is 51.4 Å². The molecule has 1 saturated heterocycles. The molecule has 1 aliphatic heterocycles. The van der Waals surface area contributed by atoms with Gasteiger partial charge in [-0.3, -0.25) is 4.79 Å². The van der Waals surface area contributed by atoms with E-state index < -0.39 is 11.9 Å². The fourth-order valence-electron chi connectivity index (χ4n) is 2.30. The summed E-state index contributed by atoms with van der Waals surface area (Å²) in [6.45, 7) is 2.63. The molecule has 1 fully saturated rings. The van der Waals surface area contributed by atoms with E-state index in [4.69, 9.17) is 14.3 Å². The molecule has 1 aliphatic rings. The zero-order valence-electron chi connectivity index (χ0n) is 13.3. The fraction of sp³-hybridized carbons (Fsp3) is 0.529. The van der Waals surface area contributed by atoms with E-state index in [9.17, 15) is 9.59 Å². The Morgan fingerprint density at radius 2 is 2.09 bits per heavy atom. The first-order valence-corrected chi connectivity index (χ1v) is 8.01. The lowest BCUT2D eigenvalue weighted by atomic mass is 10.2. The summed E-state index contributed by atoms with van der Waals surface area (Å²) < 4.78 is 11.3. The Morgan fingerprint density at radius 3 is 2.74 bits per heavy atom. The topological polar surface area (TPSA) is 73.9 Å². The minimum atomic E-state index is -0.531. The van der Waals surface area contributed by atoms with Crippen molar-refractivity contribution >= 4 is 11.9 Å². The van der Waals surface area contributed by atoms with Gasteiger partial charge in [-0.2, -0.15) is 5.48 Å². The number of carbonyl (C=O) groups excluding carboxylic acids is 2. The second kappa shape index (κ2) is 9.27. The van der Waals surface area contributed by atoms with Crippen molar-refractivity contribution in [3.8, 4) is 0 Å². The van der Waals surface area contributed by atoms with Gasteiger partial charge in [-0.05, 0) is 37.8 Å². The molecule has 0 bridgehead atoms. The zero-order valence-corrected chi connectivity index (χ0v) is 13.3. The van der Waals surface area contributed by atoms with Crippen LogP contribution in [0, 0.1) is 0 Å². The molecule has 1 amide bonds. The fourth-order valence-corrected chi connectivity index (χ4v) is 2.30. The van der Waals surface area contributed by atoms with Crippen LogP contribution in [0.4, 0.5) is 0 Å². The Morgan fingerprint density at radius 1 is 1.30 bits per heavy atom. The minimum absolute atomic E-state index is 0.0748. The first kappa shape index (κ1) is 17.4. The van der Waals surface area contributed by atoms with E-state index in [0.29, 0.717) is 18.6 Å². The maximum absolute atomic E-state index is 11.8. The van der Waals surface area contributed by atoms with Gasteiger partial charge < -0.3 is 14.3 Å². The van der Waals surface area contributed by atoms with Gasteiger partial charge in [-0.25, -0.2) is 4.79 Å². The van der Waals surface area contributed by atoms with Crippen molar-refractivity contribution in [3.05, 3.63) is 35.9 Å². The number of ether oxygens (including phenoxy) is 2. The Labute approximate surface area is 136 Å². The number of hydrogen-bond donors (Lipinski definition) is 1. The smallest absolute Gasteiger partial charge is 0.334 e. The Kier molecular flexibility index (Phi) is 7.03. The molecule has 0 spiro atoms. The van der Waals surface area contributed by atoms with E-state index in [1.165, 1.54) is 0 Å². The van der Waals surface area contributed by atoms with Crippen LogP contribution in [-0.2, 0) is 19.1 Å². The predicted octanol–water partition coefficient (Wildman–Crippen LogP) is 2.59. The van der Waals surface area contributed by atoms with Crippen LogP contribution in [0.25, 0.3) is 0 Å². The predicted molar refractivity (Wildman–Crippen MR) is 83.4 cm³/mol. The first-order valence-electron chi connectivity index (χ1n) is 8.01. The summed E-state index contributed by atoms with van der Waals surface area (Å²) in [5, 5.41) is 0. The van der Waals surface area contributed by atoms with Gasteiger partial charge in [-0.1, -0.05) is 25.1 Å². The van der Waals surface area contributed by atoms with Crippen LogP contribution in [0.15, 0.2) is 30.3 Å². The van der Waals surface area contributed by atoms with Crippen LogP contribution in [0.3, 0.4) is 0 Å². The molecule has 23 heavy (non-hydrogen) atoms. The molecule has 0 aliphatic carbocycles. The molecule has 2 atom stereocenters. The van der Waals surface area contributed by atoms with Crippen LogP contribution in [0.1, 0.15) is 49.4 Å². The normalized spacial score (nSPS) is 18.9. The third-order valence-corrected chi connectivity index (χ3v) is 3.63. The second-order valence-corrected chi connectivity index (χ2v) is 5.44. The first-order chi connectivity index (χ1) is 11.2. The highest BCUT2D eigenvalue weighted by Gasteiger charge is 2.22. The molecule has 1 aromatic carbocycles. The van der Waals surface area contributed by atoms with E-state index in [1.807, 2.05) is 6.92 Å². The Bertz CT molecular complexity index is 499. The summed E-state index contributed by atoms with van der Waals surface area (Å²) in [7, 11) is 0. The van der Waals surface area contributed by atoms with Crippen molar-refractivity contribution in [3.63, 3.8) is 0 Å². The highest BCUT2D eigenvalue weighted by atomic mass is 16.7. The lowest BCUT2D eigenvalue weighted by Crippen LogP contribution is -2.32. The largest absolute Gasteiger partial charge is 0.353 e. The molecule has 0 radical (unpaired) electrons. The van der Waals surface area contributed by atoms with Crippen LogP contribution in [0.2, 0.25) is 0 Å². The van der Waals surface area contributed by atoms with E-state index in [1.54, 1.807) is 30.3 Å². The number of hydroxylamine groups is 1. The number of benzene rings is 1. The highest BCUT2D eigenvalue weighted by molar-refractivity contribution is 5.94. The maximum Gasteiger partial charge on any atom is 0.334 e. The standard InChI is InChI=1S/C17H23NO5/c1-2-14(22-16-10-6-7-11-21-16)12-15(19)23-18-17(20)13-8-4-3-5-9-13/h3-5,8-9,14,16H,2,6-7,10-12H2,1H3,(H,18,20). The summed E-state index contributed by atoms with van der Waals surface area (Å²) in [5.74, 6) is -0.986. The zero-order chi connectivity index (χ0) is 16.5. The Balaban J connectivity index is 1.72. The molecular weight excluding hydrogens is 298 g/mol. The van der Waals surface area contributed by atoms with Crippen molar-refractivity contribution in [1.82, 2.24) is 5.48 Å². The molecule has 1 aromatic rings. The summed E-state index contributed by atoms with van der Waals surface area (Å²) >= 11 is 0. The van der Waals surface area contributed by atoms with Gasteiger partial charge in [-0.15, -0.1) is 0 Å². The third-order valence-electron chi connectivity index (χ3n) is 3.63. The van der Waals surface area contributed by atoms with Crippen molar-refractivity contribution in [2.24, 2.45) is 0 Å². The molecular formula is C17H23NO5. The van der Waals surface area contributed by atoms with E-state index in [2.05, 4.69) is 5.48 Å². The average Bonchev–Trinajstić information content (AvgIpc) is 2.60. The van der Waals surface area contributed by atoms with Crippen LogP contribution >= 0.6 is 0 Å². The minimum Gasteiger partial charge on any atom is -0.353 e. The van der Waals surface area contributed by atoms with Gasteiger partial charge in [0.05, 0.1) is 12.5 Å². The lowest BCUT2D eigenvalue weighted by Gasteiger charge is -2.26. The van der Waals surface area contributed by atoms with E-state index in [0.717, 1.165) is 19.3 Å². The van der Waals surface area contributed by atoms with Crippen molar-refractivity contribution < 1.29 is 23.9 Å². The SMILES string of the molecule is CCC(CC(=O)ONC(=O)c1ccccc1)OC1CCCCO1. The number of amides is 1. The lowest BCUT2D eigenvalue weighted by molar-refractivity contribution is -0.194. The van der Waals surface area contributed by atoms with Gasteiger partial charge in [0.15, 0.2) is 6.29 Å². The molecule has 6 heteroatoms. The van der Waals surface area contributed by atoms with Crippen molar-refractivity contribution in [1.29, 1.82) is 0 Å². The van der Waals surface area contributed by atoms with Crippen molar-refractivity contribution in [2.75, 3.05) is 6.61 Å². The van der Waals surface area contributed by atoms with Crippen LogP contribution in [0.5, 0.6) is 0 Å². The van der Waals surface area contributed by atoms with Gasteiger partial charge in [0, 0.05) is 12.2 Å². The van der Waals surface area contributed by atoms with Gasteiger partial charge in [0.25, 0.3) is 5.91 Å². The van der Waals surface area contributed by atoms with E-state index in [-0.39, 0.29) is 18.8 Å². The summed E-state index contributed by atoms with van der Waals surface area (Å²) in [6, 6.07) is 8.56. The second-order valence-electron chi connectivity index (χ2n) is 5.44. The molecule has 2 unspecified atom stereocenters. The van der Waals surface area contributed by atoms with Crippen LogP contribution in [-0.4, -0.2) is 30.9 Å². The van der Waals surface area contributed by atoms with E-state index >= 15 is 0 Å². The van der Waals surface area contributed by atoms with Gasteiger partial charge in [0.1, 0.15) is 0 Å². The number of nitrogens with one attached hydrogen (secondary N) is 1. The molecule has 2 rings (SSSR count). The Hall–Kier alpha value is -1.92. The monoisotopic (exact) mass is 321 g/mol. The summed E-state index contributed by atoms with van der Waals surface area (Å²) in [4.78, 5) is 28.4. The molecule has 0 aromatic heterocycles. The highest BCUT2D eigenvalue weighted by Crippen LogP contribution is 2.18. The maximum atomic E-state index is 11.8. The summed E-state index contributed by atoms with van der Waals surface area (Å²) in [5.41, 5.74) is 2.59. The number of hydrogen-bond acceptors (Lipinski definition) is 5. The third kappa shape index (κ3) is 6.00. The quantitative estimate of drug-likeness (QED) is 0.815. The van der Waals surface area contributed by atoms with Gasteiger partial charge in [0.2, 0.25) is 0 Å². The molecule has 126 valence electrons. The molecule has 0 saturated carbocycles. The van der Waals surface area contributed by atoms with Crippen LogP contribution < -0.4 is 5.48 Å². The van der Waals surface area contributed by atoms with Gasteiger partial charge >= 0.3 is 5.97 Å². The molecule has 1 N–H and O–H groups in total. The molecule has 1 heterocycles. The summed E-state index contributed by atoms with van der Waals surface area (Å²) in [6.07, 6.45) is 3.17.